The molecular formula is C17H26IN3OS. The largest absolute Gasteiger partial charge is 0.375 e. The number of aliphatic hydroxyl groups excluding tert-OH is 1. The molecule has 3 rings (SSSR count). The minimum Gasteiger partial charge on any atom is -0.375 e. The second-order valence-electron chi connectivity index (χ2n) is 6.84. The fraction of sp³-hybridized carbons (Fsp3) is 0.647. The van der Waals surface area contributed by atoms with E-state index < -0.39 is 6.23 Å². The van der Waals surface area contributed by atoms with Gasteiger partial charge in [0.25, 0.3) is 0 Å². The summed E-state index contributed by atoms with van der Waals surface area (Å²) < 4.78 is 1.36. The van der Waals surface area contributed by atoms with E-state index in [1.807, 2.05) is 31.5 Å². The molecule has 1 aromatic rings. The number of rotatable bonds is 6. The summed E-state index contributed by atoms with van der Waals surface area (Å²) in [6.07, 6.45) is 6.02. The maximum Gasteiger partial charge on any atom is 0.127 e. The molecule has 4 nitrogen and oxygen atoms in total. The Morgan fingerprint density at radius 1 is 1.35 bits per heavy atom. The molecule has 0 aliphatic carbocycles. The van der Waals surface area contributed by atoms with Gasteiger partial charge >= 0.3 is 0 Å². The molecule has 0 radical (unpaired) electrons. The molecule has 0 amide bonds. The number of nitrogens with zero attached hydrogens (tertiary/aromatic N) is 3. The van der Waals surface area contributed by atoms with Crippen LogP contribution < -0.4 is 0 Å². The Morgan fingerprint density at radius 3 is 2.61 bits per heavy atom. The number of aliphatic hydroxyl groups is 1. The Balaban J connectivity index is 1.57. The molecule has 2 bridgehead atoms. The second-order valence-corrected chi connectivity index (χ2v) is 9.90. The minimum absolute atomic E-state index is 0.433. The lowest BCUT2D eigenvalue weighted by atomic mass is 10.1. The van der Waals surface area contributed by atoms with Crippen molar-refractivity contribution in [2.24, 2.45) is 0 Å². The van der Waals surface area contributed by atoms with E-state index in [0.717, 1.165) is 26.2 Å². The number of thiophene rings is 1. The zero-order valence-electron chi connectivity index (χ0n) is 13.9. The van der Waals surface area contributed by atoms with E-state index in [4.69, 9.17) is 0 Å². The van der Waals surface area contributed by atoms with Gasteiger partial charge in [-0.3, -0.25) is 9.80 Å². The summed E-state index contributed by atoms with van der Waals surface area (Å²) in [6, 6.07) is 5.43. The van der Waals surface area contributed by atoms with Crippen LogP contribution in [0, 0.1) is 2.88 Å². The molecule has 2 aliphatic rings. The summed E-state index contributed by atoms with van der Waals surface area (Å²) in [5.74, 6) is 0. The van der Waals surface area contributed by atoms with Gasteiger partial charge in [-0.05, 0) is 67.7 Å². The Kier molecular flexibility index (Phi) is 6.14. The van der Waals surface area contributed by atoms with Gasteiger partial charge in [-0.1, -0.05) is 6.08 Å². The Hall–Kier alpha value is 0.01000. The first-order valence-electron chi connectivity index (χ1n) is 8.26. The molecule has 1 aromatic heterocycles. The third-order valence-electron chi connectivity index (χ3n) is 4.71. The van der Waals surface area contributed by atoms with E-state index in [2.05, 4.69) is 55.5 Å². The van der Waals surface area contributed by atoms with Crippen molar-refractivity contribution in [3.63, 3.8) is 0 Å². The molecule has 2 aliphatic heterocycles. The van der Waals surface area contributed by atoms with Gasteiger partial charge in [0.2, 0.25) is 0 Å². The van der Waals surface area contributed by atoms with Crippen molar-refractivity contribution in [3.05, 3.63) is 32.0 Å². The summed E-state index contributed by atoms with van der Waals surface area (Å²) in [6.45, 7) is 4.08. The average Bonchev–Trinajstić information content (AvgIpc) is 3.00. The Labute approximate surface area is 156 Å². The third-order valence-corrected chi connectivity index (χ3v) is 6.59. The topological polar surface area (TPSA) is 30.0 Å². The van der Waals surface area contributed by atoms with Gasteiger partial charge in [-0.25, -0.2) is 0 Å². The van der Waals surface area contributed by atoms with Crippen molar-refractivity contribution in [2.75, 3.05) is 33.7 Å². The predicted molar refractivity (Wildman–Crippen MR) is 105 cm³/mol. The number of piperazine rings is 1. The zero-order valence-corrected chi connectivity index (χ0v) is 16.8. The highest BCUT2D eigenvalue weighted by Gasteiger charge is 2.42. The first-order valence-corrected chi connectivity index (χ1v) is 10.2. The molecule has 3 heterocycles. The van der Waals surface area contributed by atoms with Crippen molar-refractivity contribution in [1.29, 1.82) is 0 Å². The van der Waals surface area contributed by atoms with Crippen molar-refractivity contribution < 1.29 is 5.11 Å². The Bertz CT molecular complexity index is 534. The van der Waals surface area contributed by atoms with Crippen LogP contribution in [0.1, 0.15) is 17.7 Å². The SMILES string of the molecule is CN(C)C/C=C/C(O)N1C2CCC1CN(Cc1ccc(I)s1)C2. The van der Waals surface area contributed by atoms with Crippen LogP contribution >= 0.6 is 33.9 Å². The highest BCUT2D eigenvalue weighted by molar-refractivity contribution is 14.1. The van der Waals surface area contributed by atoms with Crippen molar-refractivity contribution in [2.45, 2.75) is 37.7 Å². The van der Waals surface area contributed by atoms with E-state index >= 15 is 0 Å². The fourth-order valence-corrected chi connectivity index (χ4v) is 5.53. The molecule has 3 unspecified atom stereocenters. The first-order chi connectivity index (χ1) is 11.0. The molecule has 1 N–H and O–H groups in total. The van der Waals surface area contributed by atoms with E-state index in [-0.39, 0.29) is 0 Å². The smallest absolute Gasteiger partial charge is 0.127 e. The molecule has 0 saturated carbocycles. The number of likely N-dealkylation sites (N-methyl/N-ethyl adjacent to an activating group) is 1. The van der Waals surface area contributed by atoms with Crippen LogP contribution in [0.5, 0.6) is 0 Å². The molecular weight excluding hydrogens is 421 g/mol. The maximum atomic E-state index is 10.6. The summed E-state index contributed by atoms with van der Waals surface area (Å²) in [5.41, 5.74) is 0. The van der Waals surface area contributed by atoms with Crippen LogP contribution in [0.3, 0.4) is 0 Å². The molecule has 6 heteroatoms. The van der Waals surface area contributed by atoms with Crippen LogP contribution in [0.2, 0.25) is 0 Å². The number of hydrogen-bond acceptors (Lipinski definition) is 5. The van der Waals surface area contributed by atoms with Crippen LogP contribution in [0.25, 0.3) is 0 Å². The molecule has 23 heavy (non-hydrogen) atoms. The van der Waals surface area contributed by atoms with Gasteiger partial charge in [-0.2, -0.15) is 0 Å². The molecule has 2 fully saturated rings. The molecule has 128 valence electrons. The van der Waals surface area contributed by atoms with Gasteiger partial charge in [0.05, 0.1) is 2.88 Å². The van der Waals surface area contributed by atoms with Gasteiger partial charge in [0, 0.05) is 43.1 Å². The van der Waals surface area contributed by atoms with Gasteiger partial charge in [-0.15, -0.1) is 11.3 Å². The molecule has 3 atom stereocenters. The van der Waals surface area contributed by atoms with E-state index in [9.17, 15) is 5.11 Å². The Morgan fingerprint density at radius 2 is 2.04 bits per heavy atom. The van der Waals surface area contributed by atoms with Crippen molar-refractivity contribution in [1.82, 2.24) is 14.7 Å². The third kappa shape index (κ3) is 4.55. The lowest BCUT2D eigenvalue weighted by molar-refractivity contribution is -0.0411. The number of hydrogen-bond donors (Lipinski definition) is 1. The highest BCUT2D eigenvalue weighted by atomic mass is 127. The minimum atomic E-state index is -0.433. The predicted octanol–water partition coefficient (Wildman–Crippen LogP) is 2.44. The van der Waals surface area contributed by atoms with Gasteiger partial charge in [0.1, 0.15) is 6.23 Å². The number of fused-ring (bicyclic) bond motifs is 2. The van der Waals surface area contributed by atoms with E-state index in [1.54, 1.807) is 0 Å². The quantitative estimate of drug-likeness (QED) is 0.536. The molecule has 0 spiro atoms. The second kappa shape index (κ2) is 7.93. The average molecular weight is 447 g/mol. The summed E-state index contributed by atoms with van der Waals surface area (Å²) in [7, 11) is 4.09. The molecule has 0 aromatic carbocycles. The van der Waals surface area contributed by atoms with Crippen molar-refractivity contribution >= 4 is 33.9 Å². The van der Waals surface area contributed by atoms with Crippen LogP contribution in [0.15, 0.2) is 24.3 Å². The zero-order chi connectivity index (χ0) is 16.4. The normalized spacial score (nSPS) is 27.3. The number of likely N-dealkylation sites (tertiary alicyclic amines) is 1. The lowest BCUT2D eigenvalue weighted by Gasteiger charge is -2.42. The highest BCUT2D eigenvalue weighted by Crippen LogP contribution is 2.33. The van der Waals surface area contributed by atoms with Crippen LogP contribution in [-0.2, 0) is 6.54 Å². The lowest BCUT2D eigenvalue weighted by Crippen LogP contribution is -2.56. The van der Waals surface area contributed by atoms with Crippen LogP contribution in [0.4, 0.5) is 0 Å². The fourth-order valence-electron chi connectivity index (χ4n) is 3.73. The summed E-state index contributed by atoms with van der Waals surface area (Å²) >= 11 is 4.28. The standard InChI is InChI=1S/C17H26IN3OS/c1-19(2)9-3-4-17(22)21-13-5-6-14(21)11-20(10-13)12-15-7-8-16(18)23-15/h3-4,7-8,13-14,17,22H,5-6,9-12H2,1-2H3/b4-3+. The first kappa shape index (κ1) is 17.8. The maximum absolute atomic E-state index is 10.6. The van der Waals surface area contributed by atoms with Crippen LogP contribution in [-0.4, -0.2) is 71.8 Å². The van der Waals surface area contributed by atoms with E-state index in [1.165, 1.54) is 20.6 Å². The number of halogens is 1. The summed E-state index contributed by atoms with van der Waals surface area (Å²) in [5, 5.41) is 10.6. The van der Waals surface area contributed by atoms with Crippen molar-refractivity contribution in [3.8, 4) is 0 Å². The monoisotopic (exact) mass is 447 g/mol. The van der Waals surface area contributed by atoms with E-state index in [0.29, 0.717) is 12.1 Å². The van der Waals surface area contributed by atoms with Gasteiger partial charge < -0.3 is 10.0 Å². The van der Waals surface area contributed by atoms with Gasteiger partial charge in [0.15, 0.2) is 0 Å². The summed E-state index contributed by atoms with van der Waals surface area (Å²) in [4.78, 5) is 8.46. The molecule has 2 saturated heterocycles.